The average molecular weight is 561 g/mol. The van der Waals surface area contributed by atoms with Crippen molar-refractivity contribution in [1.82, 2.24) is 5.32 Å². The van der Waals surface area contributed by atoms with Crippen LogP contribution in [0.4, 0.5) is 17.1 Å². The summed E-state index contributed by atoms with van der Waals surface area (Å²) < 4.78 is 0. The van der Waals surface area contributed by atoms with Gasteiger partial charge in [-0.05, 0) is 42.2 Å². The molecule has 2 aliphatic rings. The monoisotopic (exact) mass is 560 g/mol. The maximum Gasteiger partial charge on any atom is 0.325 e. The number of phenols is 1. The highest BCUT2D eigenvalue weighted by Crippen LogP contribution is 2.51. The number of aromatic hydroxyl groups is 1. The summed E-state index contributed by atoms with van der Waals surface area (Å²) in [5, 5.41) is 46.5. The van der Waals surface area contributed by atoms with Crippen LogP contribution in [-0.4, -0.2) is 43.4 Å². The Morgan fingerprint density at radius 2 is 1.56 bits per heavy atom. The summed E-state index contributed by atoms with van der Waals surface area (Å²) in [5.41, 5.74) is -0.827. The van der Waals surface area contributed by atoms with E-state index in [2.05, 4.69) is 5.32 Å². The van der Waals surface area contributed by atoms with Gasteiger partial charge < -0.3 is 10.2 Å². The van der Waals surface area contributed by atoms with E-state index in [1.54, 1.807) is 26.0 Å². The van der Waals surface area contributed by atoms with Crippen molar-refractivity contribution in [2.45, 2.75) is 31.8 Å². The molecule has 2 saturated heterocycles. The highest BCUT2D eigenvalue weighted by Gasteiger charge is 2.68. The van der Waals surface area contributed by atoms with Crippen LogP contribution in [0, 0.1) is 45.9 Å². The number of imide groups is 1. The van der Waals surface area contributed by atoms with Crippen molar-refractivity contribution >= 4 is 34.8 Å². The third-order valence-electron chi connectivity index (χ3n) is 7.84. The van der Waals surface area contributed by atoms with Crippen molar-refractivity contribution in [3.8, 4) is 5.75 Å². The molecule has 13 nitrogen and oxygen atoms in total. The van der Waals surface area contributed by atoms with Crippen molar-refractivity contribution in [1.29, 1.82) is 0 Å². The van der Waals surface area contributed by atoms with Gasteiger partial charge in [0.2, 0.25) is 11.8 Å². The first-order valence-electron chi connectivity index (χ1n) is 12.5. The van der Waals surface area contributed by atoms with E-state index in [9.17, 15) is 44.8 Å². The minimum Gasteiger partial charge on any atom is -0.507 e. The van der Waals surface area contributed by atoms with Crippen molar-refractivity contribution in [2.24, 2.45) is 11.8 Å². The molecule has 2 fully saturated rings. The van der Waals surface area contributed by atoms with Crippen LogP contribution in [0.25, 0.3) is 0 Å². The quantitative estimate of drug-likeness (QED) is 0.219. The van der Waals surface area contributed by atoms with E-state index in [4.69, 9.17) is 0 Å². The number of non-ortho nitro benzene ring substituents is 2. The van der Waals surface area contributed by atoms with E-state index in [-0.39, 0.29) is 29.2 Å². The van der Waals surface area contributed by atoms with E-state index in [0.717, 1.165) is 11.0 Å². The molecular formula is C28H24N4O9. The van der Waals surface area contributed by atoms with E-state index in [1.807, 2.05) is 0 Å². The Morgan fingerprint density at radius 3 is 2.12 bits per heavy atom. The van der Waals surface area contributed by atoms with Crippen LogP contribution < -0.4 is 10.2 Å². The molecule has 3 aromatic carbocycles. The molecule has 3 aromatic rings. The van der Waals surface area contributed by atoms with Crippen LogP contribution in [-0.2, 0) is 20.8 Å². The van der Waals surface area contributed by atoms with Crippen molar-refractivity contribution < 1.29 is 34.4 Å². The molecule has 41 heavy (non-hydrogen) atoms. The Kier molecular flexibility index (Phi) is 6.54. The summed E-state index contributed by atoms with van der Waals surface area (Å²) in [5.74, 6) is -5.59. The summed E-state index contributed by atoms with van der Waals surface area (Å²) in [6, 6.07) is 12.4. The number of nitro benzene ring substituents is 2. The van der Waals surface area contributed by atoms with Crippen LogP contribution >= 0.6 is 0 Å². The van der Waals surface area contributed by atoms with Gasteiger partial charge in [-0.25, -0.2) is 4.90 Å². The van der Waals surface area contributed by atoms with Crippen molar-refractivity contribution in [2.75, 3.05) is 4.90 Å². The van der Waals surface area contributed by atoms with Gasteiger partial charge in [-0.3, -0.25) is 39.9 Å². The average Bonchev–Trinajstić information content (AvgIpc) is 3.41. The van der Waals surface area contributed by atoms with Gasteiger partial charge in [-0.1, -0.05) is 30.3 Å². The Bertz CT molecular complexity index is 1610. The summed E-state index contributed by atoms with van der Waals surface area (Å²) in [4.78, 5) is 63.1. The smallest absolute Gasteiger partial charge is 0.325 e. The van der Waals surface area contributed by atoms with Crippen molar-refractivity contribution in [3.63, 3.8) is 0 Å². The Morgan fingerprint density at radius 1 is 0.951 bits per heavy atom. The lowest BCUT2D eigenvalue weighted by molar-refractivity contribution is -0.385. The molecule has 3 N–H and O–H groups in total. The number of aliphatic carboxylic acids is 1. The van der Waals surface area contributed by atoms with Gasteiger partial charge in [0, 0.05) is 36.7 Å². The van der Waals surface area contributed by atoms with Crippen molar-refractivity contribution in [3.05, 3.63) is 103 Å². The van der Waals surface area contributed by atoms with E-state index in [0.29, 0.717) is 22.3 Å². The second-order valence-electron chi connectivity index (χ2n) is 10.3. The molecule has 5 rings (SSSR count). The van der Waals surface area contributed by atoms with Gasteiger partial charge in [0.1, 0.15) is 11.3 Å². The number of nitro groups is 2. The van der Waals surface area contributed by atoms with Crippen LogP contribution in [0.3, 0.4) is 0 Å². The topological polar surface area (TPSA) is 193 Å². The number of carboxylic acids is 1. The number of benzene rings is 3. The molecule has 0 aliphatic carbocycles. The molecule has 2 amide bonds. The minimum atomic E-state index is -2.02. The SMILES string of the molecule is Cc1cc(C2NC(Cc3ccc([N+](=O)[O-])cc3)(C(=O)O)C3C(=O)N(c4cccc([N+](=O)[O-])c4)C(=O)C23)cc(C)c1O. The predicted octanol–water partition coefficient (Wildman–Crippen LogP) is 3.34. The molecular weight excluding hydrogens is 536 g/mol. The number of rotatable bonds is 7. The molecule has 0 bridgehead atoms. The number of carbonyl (C=O) groups excluding carboxylic acids is 2. The molecule has 0 radical (unpaired) electrons. The Hall–Kier alpha value is -5.17. The summed E-state index contributed by atoms with van der Waals surface area (Å²) in [6.45, 7) is 3.30. The fourth-order valence-corrected chi connectivity index (χ4v) is 5.95. The van der Waals surface area contributed by atoms with Crippen LogP contribution in [0.2, 0.25) is 0 Å². The molecule has 2 aliphatic heterocycles. The maximum absolute atomic E-state index is 14.0. The summed E-state index contributed by atoms with van der Waals surface area (Å²) >= 11 is 0. The zero-order valence-electron chi connectivity index (χ0n) is 21.8. The second-order valence-corrected chi connectivity index (χ2v) is 10.3. The number of fused-ring (bicyclic) bond motifs is 1. The number of aryl methyl sites for hydroxylation is 2. The number of carbonyl (C=O) groups is 3. The van der Waals surface area contributed by atoms with Crippen LogP contribution in [0.5, 0.6) is 5.75 Å². The lowest BCUT2D eigenvalue weighted by Crippen LogP contribution is -2.57. The van der Waals surface area contributed by atoms with Gasteiger partial charge in [0.25, 0.3) is 11.4 Å². The lowest BCUT2D eigenvalue weighted by Gasteiger charge is -2.31. The maximum atomic E-state index is 14.0. The molecule has 13 heteroatoms. The first-order chi connectivity index (χ1) is 19.4. The lowest BCUT2D eigenvalue weighted by atomic mass is 9.76. The summed E-state index contributed by atoms with van der Waals surface area (Å²) in [7, 11) is 0. The first kappa shape index (κ1) is 27.4. The molecule has 0 spiro atoms. The largest absolute Gasteiger partial charge is 0.507 e. The van der Waals surface area contributed by atoms with E-state index in [1.165, 1.54) is 42.5 Å². The zero-order chi connectivity index (χ0) is 29.8. The number of amides is 2. The standard InChI is InChI=1S/C28H24N4O9/c1-14-10-17(11-15(2)24(14)33)23-21-22(26(35)30(25(21)34)19-4-3-5-20(12-19)32(40)41)28(29-23,27(36)37)13-16-6-8-18(9-7-16)31(38)39/h3-12,21-23,29,33H,13H2,1-2H3,(H,36,37). The number of phenolic OH excluding ortho intramolecular Hbond substituents is 1. The highest BCUT2D eigenvalue weighted by molar-refractivity contribution is 6.24. The molecule has 0 aromatic heterocycles. The molecule has 2 heterocycles. The molecule has 0 saturated carbocycles. The molecule has 210 valence electrons. The van der Waals surface area contributed by atoms with Gasteiger partial charge in [0.05, 0.1) is 27.4 Å². The number of carboxylic acid groups (broad SMARTS) is 1. The minimum absolute atomic E-state index is 0.0331. The first-order valence-corrected chi connectivity index (χ1v) is 12.5. The van der Waals surface area contributed by atoms with Gasteiger partial charge in [-0.2, -0.15) is 0 Å². The second kappa shape index (κ2) is 9.78. The third kappa shape index (κ3) is 4.36. The number of nitrogens with zero attached hydrogens (tertiary/aromatic N) is 3. The van der Waals surface area contributed by atoms with Crippen LogP contribution in [0.15, 0.2) is 60.7 Å². The number of hydrogen-bond acceptors (Lipinski definition) is 9. The predicted molar refractivity (Wildman–Crippen MR) is 143 cm³/mol. The fourth-order valence-electron chi connectivity index (χ4n) is 5.95. The van der Waals surface area contributed by atoms with E-state index >= 15 is 0 Å². The van der Waals surface area contributed by atoms with Gasteiger partial charge in [0.15, 0.2) is 0 Å². The van der Waals surface area contributed by atoms with Gasteiger partial charge in [-0.15, -0.1) is 0 Å². The molecule has 4 atom stereocenters. The number of nitrogens with one attached hydrogen (secondary N) is 1. The normalized spacial score (nSPS) is 23.5. The zero-order valence-corrected chi connectivity index (χ0v) is 21.8. The van der Waals surface area contributed by atoms with Crippen LogP contribution in [0.1, 0.15) is 28.3 Å². The highest BCUT2D eigenvalue weighted by atomic mass is 16.6. The summed E-state index contributed by atoms with van der Waals surface area (Å²) in [6.07, 6.45) is -0.296. The van der Waals surface area contributed by atoms with E-state index < -0.39 is 51.0 Å². The molecule has 4 unspecified atom stereocenters. The Balaban J connectivity index is 1.67. The third-order valence-corrected chi connectivity index (χ3v) is 7.84. The number of anilines is 1. The fraction of sp³-hybridized carbons (Fsp3) is 0.250. The Labute approximate surface area is 232 Å². The number of hydrogen-bond donors (Lipinski definition) is 3. The van der Waals surface area contributed by atoms with Gasteiger partial charge >= 0.3 is 5.97 Å².